The normalized spacial score (nSPS) is 21.9. The van der Waals surface area contributed by atoms with Gasteiger partial charge in [-0.3, -0.25) is 14.6 Å². The Morgan fingerprint density at radius 1 is 1.06 bits per heavy atom. The van der Waals surface area contributed by atoms with Gasteiger partial charge in [0.2, 0.25) is 5.89 Å². The lowest BCUT2D eigenvalue weighted by Crippen LogP contribution is -2.54. The van der Waals surface area contributed by atoms with Gasteiger partial charge in [-0.05, 0) is 93.1 Å². The van der Waals surface area contributed by atoms with Gasteiger partial charge in [0.25, 0.3) is 0 Å². The molecular formula is C38H42ClN5O4. The van der Waals surface area contributed by atoms with Crippen LogP contribution in [0.15, 0.2) is 52.9 Å². The van der Waals surface area contributed by atoms with Crippen molar-refractivity contribution in [2.45, 2.75) is 70.7 Å². The number of aromatic nitrogens is 1. The number of aliphatic carboxylic acids is 1. The van der Waals surface area contributed by atoms with Crippen LogP contribution in [0.25, 0.3) is 33.7 Å². The molecule has 7 rings (SSSR count). The van der Waals surface area contributed by atoms with Gasteiger partial charge in [-0.15, -0.1) is 0 Å². The summed E-state index contributed by atoms with van der Waals surface area (Å²) in [6.07, 6.45) is 4.41. The molecule has 4 aromatic rings. The standard InChI is InChI=1S/C38H42ClN5O4/c1-3-44(28-18-29(45)19-28)27-11-14-43(15-12-27)34-9-5-8-32(35(34)39)30-6-4-7-31(23(30)2)37-41-33-17-24(16-26(20-40)36(33)48-37)21-42-13-10-25(22-42)38(46)47/h4-9,16-17,25,27-29,45H,3,10-15,18-19,21-22H2,1-2H3,(H,46,47)/t25-,28?,29?/m1/s1. The molecule has 10 heteroatoms. The number of piperidine rings is 1. The fourth-order valence-electron chi connectivity index (χ4n) is 8.03. The van der Waals surface area contributed by atoms with E-state index in [9.17, 15) is 20.3 Å². The Labute approximate surface area is 286 Å². The van der Waals surface area contributed by atoms with E-state index in [4.69, 9.17) is 21.0 Å². The van der Waals surface area contributed by atoms with Crippen LogP contribution in [-0.2, 0) is 11.3 Å². The van der Waals surface area contributed by atoms with Crippen LogP contribution in [0.5, 0.6) is 0 Å². The number of rotatable bonds is 9. The number of halogens is 1. The molecule has 1 aromatic heterocycles. The summed E-state index contributed by atoms with van der Waals surface area (Å²) in [6, 6.07) is 19.3. The highest BCUT2D eigenvalue weighted by atomic mass is 35.5. The lowest BCUT2D eigenvalue weighted by molar-refractivity contribution is -0.141. The van der Waals surface area contributed by atoms with E-state index in [1.54, 1.807) is 0 Å². The smallest absolute Gasteiger partial charge is 0.307 e. The highest BCUT2D eigenvalue weighted by Gasteiger charge is 2.36. The first-order valence-electron chi connectivity index (χ1n) is 17.1. The average molecular weight is 668 g/mol. The maximum absolute atomic E-state index is 11.4. The summed E-state index contributed by atoms with van der Waals surface area (Å²) in [5.74, 6) is -0.675. The van der Waals surface area contributed by atoms with Crippen molar-refractivity contribution >= 4 is 34.4 Å². The van der Waals surface area contributed by atoms with E-state index in [0.29, 0.717) is 60.7 Å². The van der Waals surface area contributed by atoms with Crippen molar-refractivity contribution in [3.63, 3.8) is 0 Å². The highest BCUT2D eigenvalue weighted by Crippen LogP contribution is 2.41. The fourth-order valence-corrected chi connectivity index (χ4v) is 8.38. The largest absolute Gasteiger partial charge is 0.481 e. The van der Waals surface area contributed by atoms with Gasteiger partial charge in [0.05, 0.1) is 28.3 Å². The first kappa shape index (κ1) is 32.6. The maximum atomic E-state index is 11.4. The molecule has 3 aromatic carbocycles. The lowest BCUT2D eigenvalue weighted by Gasteiger charge is -2.47. The molecule has 0 radical (unpaired) electrons. The topological polar surface area (TPSA) is 117 Å². The zero-order valence-electron chi connectivity index (χ0n) is 27.5. The molecule has 48 heavy (non-hydrogen) atoms. The SMILES string of the molecule is CCN(C1CCN(c2cccc(-c3cccc(-c4nc5cc(CN6CC[C@@H](C(=O)O)C6)cc(C#N)c5o4)c3C)c2Cl)CC1)C1CC(O)C1. The number of carboxylic acid groups (broad SMARTS) is 1. The quantitative estimate of drug-likeness (QED) is 0.201. The van der Waals surface area contributed by atoms with Crippen LogP contribution in [0.1, 0.15) is 55.7 Å². The third-order valence-corrected chi connectivity index (χ3v) is 11.1. The number of aliphatic hydroxyl groups excluding tert-OH is 1. The minimum absolute atomic E-state index is 0.139. The molecule has 2 aliphatic heterocycles. The molecule has 0 spiro atoms. The van der Waals surface area contributed by atoms with Gasteiger partial charge >= 0.3 is 5.97 Å². The van der Waals surface area contributed by atoms with Gasteiger partial charge in [0, 0.05) is 49.4 Å². The lowest BCUT2D eigenvalue weighted by atomic mass is 9.86. The molecule has 2 saturated heterocycles. The summed E-state index contributed by atoms with van der Waals surface area (Å²) in [5.41, 5.74) is 7.19. The number of likely N-dealkylation sites (tertiary alicyclic amines) is 1. The molecule has 0 amide bonds. The van der Waals surface area contributed by atoms with Gasteiger partial charge in [-0.25, -0.2) is 4.98 Å². The van der Waals surface area contributed by atoms with Gasteiger partial charge in [0.15, 0.2) is 5.58 Å². The van der Waals surface area contributed by atoms with E-state index in [2.05, 4.69) is 52.0 Å². The van der Waals surface area contributed by atoms with Crippen molar-refractivity contribution < 1.29 is 19.4 Å². The second-order valence-electron chi connectivity index (χ2n) is 13.6. The van der Waals surface area contributed by atoms with Crippen LogP contribution in [0.3, 0.4) is 0 Å². The summed E-state index contributed by atoms with van der Waals surface area (Å²) in [4.78, 5) is 23.4. The van der Waals surface area contributed by atoms with Gasteiger partial charge < -0.3 is 19.5 Å². The van der Waals surface area contributed by atoms with E-state index in [0.717, 1.165) is 83.8 Å². The second-order valence-corrected chi connectivity index (χ2v) is 14.0. The zero-order chi connectivity index (χ0) is 33.5. The number of hydrogen-bond donors (Lipinski definition) is 2. The van der Waals surface area contributed by atoms with Crippen LogP contribution in [-0.4, -0.2) is 81.9 Å². The van der Waals surface area contributed by atoms with Crippen molar-refractivity contribution in [3.8, 4) is 28.7 Å². The number of aliphatic hydroxyl groups is 1. The molecule has 3 fully saturated rings. The third-order valence-electron chi connectivity index (χ3n) is 10.7. The predicted molar refractivity (Wildman–Crippen MR) is 187 cm³/mol. The number of carboxylic acids is 1. The fraction of sp³-hybridized carbons (Fsp3) is 0.447. The second kappa shape index (κ2) is 13.5. The molecule has 1 saturated carbocycles. The summed E-state index contributed by atoms with van der Waals surface area (Å²) >= 11 is 7.20. The van der Waals surface area contributed by atoms with Gasteiger partial charge in [-0.2, -0.15) is 5.26 Å². The number of nitrogens with zero attached hydrogens (tertiary/aromatic N) is 5. The zero-order valence-corrected chi connectivity index (χ0v) is 28.3. The molecule has 9 nitrogen and oxygen atoms in total. The molecule has 3 heterocycles. The molecule has 0 unspecified atom stereocenters. The Kier molecular flexibility index (Phi) is 9.18. The Balaban J connectivity index is 1.12. The number of hydrogen-bond acceptors (Lipinski definition) is 8. The first-order valence-corrected chi connectivity index (χ1v) is 17.5. The van der Waals surface area contributed by atoms with Crippen LogP contribution < -0.4 is 4.90 Å². The third kappa shape index (κ3) is 6.19. The molecule has 3 aliphatic rings. The first-order chi connectivity index (χ1) is 23.2. The monoisotopic (exact) mass is 667 g/mol. The Hall–Kier alpha value is -3.94. The molecule has 1 aliphatic carbocycles. The van der Waals surface area contributed by atoms with E-state index >= 15 is 0 Å². The van der Waals surface area contributed by atoms with Crippen molar-refractivity contribution in [3.05, 3.63) is 70.2 Å². The Morgan fingerprint density at radius 3 is 2.48 bits per heavy atom. The van der Waals surface area contributed by atoms with Crippen molar-refractivity contribution in [1.29, 1.82) is 5.26 Å². The summed E-state index contributed by atoms with van der Waals surface area (Å²) < 4.78 is 6.26. The molecule has 2 N–H and O–H groups in total. The summed E-state index contributed by atoms with van der Waals surface area (Å²) in [6.45, 7) is 8.91. The van der Waals surface area contributed by atoms with E-state index in [-0.39, 0.29) is 12.0 Å². The Morgan fingerprint density at radius 2 is 1.79 bits per heavy atom. The molecule has 1 atom stereocenters. The summed E-state index contributed by atoms with van der Waals surface area (Å²) in [5, 5.41) is 29.9. The van der Waals surface area contributed by atoms with Crippen molar-refractivity contribution in [1.82, 2.24) is 14.8 Å². The van der Waals surface area contributed by atoms with Gasteiger partial charge in [-0.1, -0.05) is 42.8 Å². The van der Waals surface area contributed by atoms with Crippen LogP contribution >= 0.6 is 11.6 Å². The van der Waals surface area contributed by atoms with Gasteiger partial charge in [0.1, 0.15) is 11.6 Å². The van der Waals surface area contributed by atoms with Crippen molar-refractivity contribution in [2.75, 3.05) is 37.6 Å². The van der Waals surface area contributed by atoms with E-state index < -0.39 is 5.97 Å². The number of oxazole rings is 1. The Bertz CT molecular complexity index is 1870. The van der Waals surface area contributed by atoms with E-state index in [1.807, 2.05) is 31.2 Å². The average Bonchev–Trinajstić information content (AvgIpc) is 3.72. The van der Waals surface area contributed by atoms with Crippen LogP contribution in [0.4, 0.5) is 5.69 Å². The number of fused-ring (bicyclic) bond motifs is 1. The summed E-state index contributed by atoms with van der Waals surface area (Å²) in [7, 11) is 0. The van der Waals surface area contributed by atoms with E-state index in [1.165, 1.54) is 0 Å². The van der Waals surface area contributed by atoms with Crippen LogP contribution in [0, 0.1) is 24.2 Å². The van der Waals surface area contributed by atoms with Crippen molar-refractivity contribution in [2.24, 2.45) is 5.92 Å². The minimum atomic E-state index is -0.761. The number of carbonyl (C=O) groups is 1. The molecule has 250 valence electrons. The molecule has 0 bridgehead atoms. The number of nitriles is 1. The predicted octanol–water partition coefficient (Wildman–Crippen LogP) is 6.72. The highest BCUT2D eigenvalue weighted by molar-refractivity contribution is 6.36. The van der Waals surface area contributed by atoms with Crippen LogP contribution in [0.2, 0.25) is 5.02 Å². The number of benzene rings is 3. The minimum Gasteiger partial charge on any atom is -0.481 e. The molecular weight excluding hydrogens is 626 g/mol. The maximum Gasteiger partial charge on any atom is 0.307 e. The number of anilines is 1.